The second-order valence-electron chi connectivity index (χ2n) is 21.6. The van der Waals surface area contributed by atoms with Crippen molar-refractivity contribution in [1.29, 1.82) is 0 Å². The predicted octanol–water partition coefficient (Wildman–Crippen LogP) is -9.47. The van der Waals surface area contributed by atoms with E-state index in [4.69, 9.17) is 57.3 Å². The summed E-state index contributed by atoms with van der Waals surface area (Å²) >= 11 is 0. The molecule has 1 saturated heterocycles. The van der Waals surface area contributed by atoms with Crippen molar-refractivity contribution in [2.75, 3.05) is 72.0 Å². The van der Waals surface area contributed by atoms with Crippen molar-refractivity contribution in [3.63, 3.8) is 0 Å². The van der Waals surface area contributed by atoms with Crippen molar-refractivity contribution in [3.8, 4) is 0 Å². The Kier molecular flexibility index (Phi) is 38.4. The molecule has 11 atom stereocenters. The lowest BCUT2D eigenvalue weighted by Crippen LogP contribution is -2.63. The zero-order valence-corrected chi connectivity index (χ0v) is 51.1. The van der Waals surface area contributed by atoms with Crippen LogP contribution >= 0.6 is 0 Å². The molecule has 1 aliphatic heterocycles. The fraction of sp³-hybridized carbons (Fsp3) is 0.704. The summed E-state index contributed by atoms with van der Waals surface area (Å²) < 4.78 is 15.6. The molecule has 1 fully saturated rings. The monoisotopic (exact) mass is 1280 g/mol. The van der Waals surface area contributed by atoms with E-state index in [1.165, 1.54) is 18.6 Å². The van der Waals surface area contributed by atoms with Crippen LogP contribution < -0.4 is 105 Å². The minimum atomic E-state index is -1.88. The molecule has 35 nitrogen and oxygen atoms in total. The van der Waals surface area contributed by atoms with Gasteiger partial charge in [0.25, 0.3) is 5.91 Å². The van der Waals surface area contributed by atoms with E-state index in [1.54, 1.807) is 0 Å². The summed E-state index contributed by atoms with van der Waals surface area (Å²) in [6.45, 7) is -1.06. The number of nitrogens with zero attached hydrogens (tertiary/aromatic N) is 3. The van der Waals surface area contributed by atoms with Crippen LogP contribution in [0.5, 0.6) is 0 Å². The van der Waals surface area contributed by atoms with Gasteiger partial charge in [0.05, 0.1) is 37.7 Å². The molecule has 1 aliphatic rings. The number of halogens is 1. The molecule has 2 heterocycles. The minimum Gasteiger partial charge on any atom is -0.389 e. The molecule has 10 amide bonds. The molecule has 0 aliphatic carbocycles. The first kappa shape index (κ1) is 78.5. The zero-order chi connectivity index (χ0) is 67.1. The van der Waals surface area contributed by atoms with Gasteiger partial charge in [-0.25, -0.2) is 9.37 Å². The number of aromatic amines is 1. The van der Waals surface area contributed by atoms with Crippen molar-refractivity contribution >= 4 is 65.0 Å². The molecular weight excluding hydrogens is 1180 g/mol. The highest BCUT2D eigenvalue weighted by molar-refractivity contribution is 6.02. The Bertz CT molecular complexity index is 2460. The zero-order valence-electron chi connectivity index (χ0n) is 51.1. The highest BCUT2D eigenvalue weighted by atomic mass is 19.1. The fourth-order valence-corrected chi connectivity index (χ4v) is 9.22. The van der Waals surface area contributed by atoms with Gasteiger partial charge in [-0.15, -0.1) is 0 Å². The van der Waals surface area contributed by atoms with Gasteiger partial charge in [-0.1, -0.05) is 12.5 Å². The van der Waals surface area contributed by atoms with Crippen LogP contribution in [0.2, 0.25) is 0 Å². The van der Waals surface area contributed by atoms with Crippen LogP contribution in [0.25, 0.3) is 0 Å². The van der Waals surface area contributed by atoms with Gasteiger partial charge in [0.2, 0.25) is 53.2 Å². The molecule has 32 N–H and O–H groups in total. The molecule has 3 unspecified atom stereocenters. The third-order valence-corrected chi connectivity index (χ3v) is 14.3. The molecule has 2 rings (SSSR count). The number of alkyl halides is 1. The lowest BCUT2D eigenvalue weighted by molar-refractivity contribution is -0.142. The molecule has 0 spiro atoms. The molecule has 0 bridgehead atoms. The summed E-state index contributed by atoms with van der Waals surface area (Å²) in [4.78, 5) is 150. The van der Waals surface area contributed by atoms with Gasteiger partial charge in [0, 0.05) is 50.9 Å². The Morgan fingerprint density at radius 3 is 1.79 bits per heavy atom. The van der Waals surface area contributed by atoms with Crippen LogP contribution in [0, 0.1) is 0 Å². The average molecular weight is 1280 g/mol. The van der Waals surface area contributed by atoms with E-state index in [0.29, 0.717) is 76.8 Å². The number of aliphatic hydroxyl groups excluding tert-OH is 2. The van der Waals surface area contributed by atoms with Crippen molar-refractivity contribution in [2.24, 2.45) is 62.3 Å². The molecule has 510 valence electrons. The summed E-state index contributed by atoms with van der Waals surface area (Å²) in [6, 6.07) is -11.8. The van der Waals surface area contributed by atoms with Crippen LogP contribution in [0.15, 0.2) is 29.3 Å². The van der Waals surface area contributed by atoms with Crippen molar-refractivity contribution in [2.45, 2.75) is 169 Å². The Labute approximate surface area is 522 Å². The van der Waals surface area contributed by atoms with Gasteiger partial charge in [-0.05, 0) is 116 Å². The number of hydrogen-bond donors (Lipinski definition) is 22. The molecular formula is C54H100FN23O12. The smallest absolute Gasteiger partial charge is 0.268 e. The largest absolute Gasteiger partial charge is 0.389 e. The molecule has 0 saturated carbocycles. The van der Waals surface area contributed by atoms with E-state index in [2.05, 4.69) is 62.8 Å². The van der Waals surface area contributed by atoms with E-state index in [-0.39, 0.29) is 82.7 Å². The van der Waals surface area contributed by atoms with Crippen LogP contribution in [-0.4, -0.2) is 229 Å². The number of amides is 10. The third kappa shape index (κ3) is 28.9. The number of hydrogen-bond acceptors (Lipinski definition) is 22. The third-order valence-electron chi connectivity index (χ3n) is 14.3. The number of aromatic nitrogens is 2. The summed E-state index contributed by atoms with van der Waals surface area (Å²) in [5, 5.41) is 43.8. The maximum Gasteiger partial charge on any atom is 0.268 e. The van der Waals surface area contributed by atoms with Gasteiger partial charge in [0.1, 0.15) is 54.2 Å². The second-order valence-corrected chi connectivity index (χ2v) is 21.6. The quantitative estimate of drug-likeness (QED) is 0.0125. The van der Waals surface area contributed by atoms with E-state index >= 15 is 4.39 Å². The first-order chi connectivity index (χ1) is 43.0. The summed E-state index contributed by atoms with van der Waals surface area (Å²) in [6.07, 6.45) is 2.26. The van der Waals surface area contributed by atoms with E-state index < -0.39 is 158 Å². The highest BCUT2D eigenvalue weighted by Gasteiger charge is 2.44. The van der Waals surface area contributed by atoms with Gasteiger partial charge in [-0.2, -0.15) is 0 Å². The van der Waals surface area contributed by atoms with Gasteiger partial charge >= 0.3 is 0 Å². The average Bonchev–Trinajstić information content (AvgIpc) is 2.67. The topological polar surface area (TPSA) is 624 Å². The van der Waals surface area contributed by atoms with Crippen LogP contribution in [-0.2, 0) is 54.4 Å². The molecule has 1 aromatic rings. The van der Waals surface area contributed by atoms with Crippen molar-refractivity contribution in [3.05, 3.63) is 30.0 Å². The number of carbonyl (C=O) groups is 10. The standard InChI is InChI=1S/C54H100FN23O12/c55-31-23-39(78(29-31)53(90)37(14-9-20-60)71-42(81)28-69-51(88)43(40(79)25-61)77-52(89)44(41(80)26-62)76-45(82)33(63)11-1-4-16-56)50(87)75-38(24-32-27-66-30-70-32)49(86)74-35(13-3-6-18-58)47(84)73-36(15-10-22-68-54(64)65)48(85)72-34(12-2-5-17-57)46(83)67-21-8-7-19-59/h15,27,30-31,33-35,37-41,43-44,79-80H,1-14,16-26,28-29,56-63H2,(H,66,70)(H,67,83)(H,69,88)(H,71,81)(H,72,85)(H,73,84)(H,74,86)(H,75,87)(H,76,82)(H,77,89)(H4,64,65,68)/b36-15-/t31-,33?,34+,35+,37-,38?,39?,40+,41+,43+,44+/m1/s1. The Hall–Kier alpha value is -7.55. The summed E-state index contributed by atoms with van der Waals surface area (Å²) in [5.41, 5.74) is 56.6. The van der Waals surface area contributed by atoms with Crippen LogP contribution in [0.3, 0.4) is 0 Å². The number of aliphatic hydroxyl groups is 2. The molecule has 1 aromatic heterocycles. The Morgan fingerprint density at radius 1 is 0.644 bits per heavy atom. The number of likely N-dealkylation sites (tertiary alicyclic amines) is 1. The Balaban J connectivity index is 2.42. The van der Waals surface area contributed by atoms with Crippen molar-refractivity contribution < 1.29 is 62.5 Å². The number of H-pyrrole nitrogens is 1. The maximum atomic E-state index is 15.6. The lowest BCUT2D eigenvalue weighted by atomic mass is 10.0. The first-order valence-electron chi connectivity index (χ1n) is 30.4. The maximum absolute atomic E-state index is 15.6. The normalized spacial score (nSPS) is 16.9. The van der Waals surface area contributed by atoms with Gasteiger partial charge in [-0.3, -0.25) is 52.9 Å². The van der Waals surface area contributed by atoms with E-state index in [9.17, 15) is 58.2 Å². The number of guanidine groups is 1. The number of nitrogens with one attached hydrogen (secondary N) is 10. The molecule has 90 heavy (non-hydrogen) atoms. The second kappa shape index (κ2) is 44.0. The summed E-state index contributed by atoms with van der Waals surface area (Å²) in [7, 11) is 0. The minimum absolute atomic E-state index is 0.00508. The molecule has 0 radical (unpaired) electrons. The highest BCUT2D eigenvalue weighted by Crippen LogP contribution is 2.23. The van der Waals surface area contributed by atoms with Crippen LogP contribution in [0.1, 0.15) is 102 Å². The van der Waals surface area contributed by atoms with E-state index in [1.807, 2.05) is 0 Å². The lowest BCUT2D eigenvalue weighted by Gasteiger charge is -2.30. The SMILES string of the molecule is NCCCCNC(=O)[C@H](CCCCN)NC(=O)/C(=C/CCN=C(N)N)NC(=O)[C@H](CCCCN)NC(=O)C(Cc1cnc[nH]1)NC(=O)C1C[C@@H](F)CN1C(=O)[C@@H](CCCN)NC(=O)CNC(=O)[C@@H](NC(=O)[C@@H](NC(=O)C(N)CCCCN)[C@@H](O)CN)[C@@H](O)CN. The van der Waals surface area contributed by atoms with E-state index in [0.717, 1.165) is 4.90 Å². The number of carbonyl (C=O) groups excluding carboxylic acids is 10. The fourth-order valence-electron chi connectivity index (χ4n) is 9.22. The van der Waals surface area contributed by atoms with Crippen LogP contribution in [0.4, 0.5) is 4.39 Å². The van der Waals surface area contributed by atoms with Crippen molar-refractivity contribution in [1.82, 2.24) is 62.7 Å². The number of imidazole rings is 1. The molecule has 36 heteroatoms. The number of unbranched alkanes of at least 4 members (excludes halogenated alkanes) is 4. The van der Waals surface area contributed by atoms with Gasteiger partial charge < -0.3 is 125 Å². The first-order valence-corrected chi connectivity index (χ1v) is 30.4. The number of nitrogens with two attached hydrogens (primary N) is 10. The molecule has 0 aromatic carbocycles. The Morgan fingerprint density at radius 2 is 1.21 bits per heavy atom. The number of rotatable bonds is 46. The number of aliphatic imine (C=N–C) groups is 1. The summed E-state index contributed by atoms with van der Waals surface area (Å²) in [5.74, 6) is -9.53. The predicted molar refractivity (Wildman–Crippen MR) is 330 cm³/mol. The van der Waals surface area contributed by atoms with Gasteiger partial charge in [0.15, 0.2) is 5.96 Å².